The van der Waals surface area contributed by atoms with E-state index in [2.05, 4.69) is 11.8 Å². The number of Topliss-reactive ketones (excluding diaryl/α,β-unsaturated/α-hetero) is 1. The maximum atomic E-state index is 12.1. The van der Waals surface area contributed by atoms with Crippen molar-refractivity contribution >= 4 is 18.2 Å². The van der Waals surface area contributed by atoms with Gasteiger partial charge in [0.2, 0.25) is 0 Å². The van der Waals surface area contributed by atoms with Crippen LogP contribution in [0.25, 0.3) is 0 Å². The third kappa shape index (κ3) is 6.47. The molecule has 0 saturated carbocycles. The van der Waals surface area contributed by atoms with Gasteiger partial charge in [-0.1, -0.05) is 43.7 Å². The van der Waals surface area contributed by atoms with E-state index in [1.165, 1.54) is 6.42 Å². The quantitative estimate of drug-likeness (QED) is 0.535. The van der Waals surface area contributed by atoms with Gasteiger partial charge in [-0.15, -0.1) is 12.4 Å². The second-order valence-electron chi connectivity index (χ2n) is 5.80. The number of likely N-dealkylation sites (tertiary alicyclic amines) is 1. The van der Waals surface area contributed by atoms with Gasteiger partial charge in [-0.05, 0) is 19.3 Å². The lowest BCUT2D eigenvalue weighted by Gasteiger charge is -2.31. The fourth-order valence-electron chi connectivity index (χ4n) is 2.72. The normalized spacial score (nSPS) is 16.2. The third-order valence-corrected chi connectivity index (χ3v) is 4.14. The number of ether oxygens (including phenoxy) is 1. The van der Waals surface area contributed by atoms with Gasteiger partial charge in [-0.2, -0.15) is 0 Å². The smallest absolute Gasteiger partial charge is 0.164 e. The molecule has 0 aromatic heterocycles. The largest absolute Gasteiger partial charge is 0.378 e. The molecule has 0 spiro atoms. The summed E-state index contributed by atoms with van der Waals surface area (Å²) in [4.78, 5) is 14.5. The summed E-state index contributed by atoms with van der Waals surface area (Å²) in [5.74, 6) is 0.247. The van der Waals surface area contributed by atoms with Crippen LogP contribution in [0.2, 0.25) is 0 Å². The number of carbonyl (C=O) groups excluding carboxylic acids is 1. The van der Waals surface area contributed by atoms with E-state index in [1.54, 1.807) is 0 Å². The standard InChI is InChI=1S/C18H27NO2.ClH/c1-2-3-15-21-17-9-12-19(13-10-17)14-11-18(20)16-7-5-4-6-8-16;/h4-8,17H,2-3,9-15H2,1H3;1H. The summed E-state index contributed by atoms with van der Waals surface area (Å²) in [5, 5.41) is 0. The van der Waals surface area contributed by atoms with E-state index in [1.807, 2.05) is 30.3 Å². The lowest BCUT2D eigenvalue weighted by Crippen LogP contribution is -2.38. The number of hydrogen-bond acceptors (Lipinski definition) is 3. The lowest BCUT2D eigenvalue weighted by atomic mass is 10.1. The van der Waals surface area contributed by atoms with Crippen LogP contribution in [0.1, 0.15) is 49.4 Å². The zero-order chi connectivity index (χ0) is 14.9. The predicted molar refractivity (Wildman–Crippen MR) is 93.0 cm³/mol. The van der Waals surface area contributed by atoms with E-state index in [-0.39, 0.29) is 18.2 Å². The summed E-state index contributed by atoms with van der Waals surface area (Å²) in [7, 11) is 0. The summed E-state index contributed by atoms with van der Waals surface area (Å²) in [6.07, 6.45) is 5.60. The van der Waals surface area contributed by atoms with Gasteiger partial charge in [0.05, 0.1) is 6.10 Å². The van der Waals surface area contributed by atoms with Gasteiger partial charge < -0.3 is 9.64 Å². The molecular formula is C18H28ClNO2. The molecule has 0 aliphatic carbocycles. The van der Waals surface area contributed by atoms with Crippen LogP contribution in [0.15, 0.2) is 30.3 Å². The number of halogens is 1. The van der Waals surface area contributed by atoms with Gasteiger partial charge in [-0.25, -0.2) is 0 Å². The summed E-state index contributed by atoms with van der Waals surface area (Å²) in [6, 6.07) is 9.59. The first-order valence-electron chi connectivity index (χ1n) is 8.22. The van der Waals surface area contributed by atoms with Crippen LogP contribution in [0.3, 0.4) is 0 Å². The first kappa shape index (κ1) is 19.1. The number of carbonyl (C=O) groups is 1. The van der Waals surface area contributed by atoms with Crippen LogP contribution in [-0.4, -0.2) is 43.0 Å². The third-order valence-electron chi connectivity index (χ3n) is 4.14. The number of unbranched alkanes of at least 4 members (excludes halogenated alkanes) is 1. The Balaban J connectivity index is 0.00000242. The minimum atomic E-state index is 0. The molecule has 1 aromatic carbocycles. The summed E-state index contributed by atoms with van der Waals surface area (Å²) >= 11 is 0. The molecule has 2 rings (SSSR count). The molecule has 1 aromatic rings. The highest BCUT2D eigenvalue weighted by Crippen LogP contribution is 2.15. The monoisotopic (exact) mass is 325 g/mol. The molecular weight excluding hydrogens is 298 g/mol. The van der Waals surface area contributed by atoms with E-state index >= 15 is 0 Å². The molecule has 0 amide bonds. The van der Waals surface area contributed by atoms with Crippen LogP contribution in [0, 0.1) is 0 Å². The minimum absolute atomic E-state index is 0. The number of hydrogen-bond donors (Lipinski definition) is 0. The SMILES string of the molecule is CCCCOC1CCN(CCC(=O)c2ccccc2)CC1.Cl. The Hall–Kier alpha value is -0.900. The Morgan fingerprint density at radius 2 is 1.91 bits per heavy atom. The first-order valence-corrected chi connectivity index (χ1v) is 8.22. The molecule has 0 radical (unpaired) electrons. The number of rotatable bonds is 8. The first-order chi connectivity index (χ1) is 10.3. The Morgan fingerprint density at radius 3 is 2.55 bits per heavy atom. The molecule has 1 aliphatic rings. The molecule has 1 heterocycles. The topological polar surface area (TPSA) is 29.5 Å². The summed E-state index contributed by atoms with van der Waals surface area (Å²) < 4.78 is 5.87. The highest BCUT2D eigenvalue weighted by atomic mass is 35.5. The maximum Gasteiger partial charge on any atom is 0.164 e. The zero-order valence-corrected chi connectivity index (χ0v) is 14.3. The van der Waals surface area contributed by atoms with Crippen LogP contribution in [-0.2, 0) is 4.74 Å². The van der Waals surface area contributed by atoms with Crippen molar-refractivity contribution in [3.05, 3.63) is 35.9 Å². The van der Waals surface area contributed by atoms with Crippen molar-refractivity contribution in [2.24, 2.45) is 0 Å². The highest BCUT2D eigenvalue weighted by molar-refractivity contribution is 5.96. The molecule has 1 saturated heterocycles. The van der Waals surface area contributed by atoms with Gasteiger partial charge >= 0.3 is 0 Å². The van der Waals surface area contributed by atoms with Crippen molar-refractivity contribution < 1.29 is 9.53 Å². The summed E-state index contributed by atoms with van der Waals surface area (Å²) in [6.45, 7) is 6.07. The van der Waals surface area contributed by atoms with E-state index in [0.29, 0.717) is 12.5 Å². The predicted octanol–water partition coefficient (Wildman–Crippen LogP) is 3.96. The van der Waals surface area contributed by atoms with E-state index in [0.717, 1.165) is 51.1 Å². The molecule has 4 heteroatoms. The molecule has 0 N–H and O–H groups in total. The van der Waals surface area contributed by atoms with Crippen LogP contribution < -0.4 is 0 Å². The second-order valence-corrected chi connectivity index (χ2v) is 5.80. The molecule has 3 nitrogen and oxygen atoms in total. The van der Waals surface area contributed by atoms with Crippen molar-refractivity contribution in [3.8, 4) is 0 Å². The number of benzene rings is 1. The molecule has 0 bridgehead atoms. The Kier molecular flexibility index (Phi) is 9.37. The van der Waals surface area contributed by atoms with Gasteiger partial charge in [0.25, 0.3) is 0 Å². The fraction of sp³-hybridized carbons (Fsp3) is 0.611. The Bertz CT molecular complexity index is 416. The number of nitrogens with zero attached hydrogens (tertiary/aromatic N) is 1. The Morgan fingerprint density at radius 1 is 1.23 bits per heavy atom. The molecule has 22 heavy (non-hydrogen) atoms. The fourth-order valence-corrected chi connectivity index (χ4v) is 2.72. The highest BCUT2D eigenvalue weighted by Gasteiger charge is 2.19. The summed E-state index contributed by atoms with van der Waals surface area (Å²) in [5.41, 5.74) is 0.829. The molecule has 1 aliphatic heterocycles. The minimum Gasteiger partial charge on any atom is -0.378 e. The Labute approximate surface area is 140 Å². The number of ketones is 1. The average molecular weight is 326 g/mol. The van der Waals surface area contributed by atoms with E-state index in [9.17, 15) is 4.79 Å². The molecule has 0 atom stereocenters. The van der Waals surface area contributed by atoms with E-state index in [4.69, 9.17) is 4.74 Å². The van der Waals surface area contributed by atoms with Crippen LogP contribution in [0.4, 0.5) is 0 Å². The lowest BCUT2D eigenvalue weighted by molar-refractivity contribution is 0.00643. The van der Waals surface area contributed by atoms with Crippen molar-refractivity contribution in [2.45, 2.75) is 45.1 Å². The zero-order valence-electron chi connectivity index (χ0n) is 13.5. The molecule has 0 unspecified atom stereocenters. The van der Waals surface area contributed by atoms with Gasteiger partial charge in [0, 0.05) is 38.2 Å². The molecule has 124 valence electrons. The van der Waals surface area contributed by atoms with Crippen molar-refractivity contribution in [2.75, 3.05) is 26.2 Å². The van der Waals surface area contributed by atoms with Crippen molar-refractivity contribution in [1.82, 2.24) is 4.90 Å². The number of piperidine rings is 1. The van der Waals surface area contributed by atoms with Crippen LogP contribution in [0.5, 0.6) is 0 Å². The van der Waals surface area contributed by atoms with Crippen LogP contribution >= 0.6 is 12.4 Å². The van der Waals surface area contributed by atoms with E-state index < -0.39 is 0 Å². The maximum absolute atomic E-state index is 12.1. The second kappa shape index (κ2) is 10.8. The van der Waals surface area contributed by atoms with Gasteiger partial charge in [-0.3, -0.25) is 4.79 Å². The molecule has 1 fully saturated rings. The van der Waals surface area contributed by atoms with Gasteiger partial charge in [0.15, 0.2) is 5.78 Å². The van der Waals surface area contributed by atoms with Crippen molar-refractivity contribution in [3.63, 3.8) is 0 Å². The average Bonchev–Trinajstić information content (AvgIpc) is 2.55. The van der Waals surface area contributed by atoms with Gasteiger partial charge in [0.1, 0.15) is 0 Å². The van der Waals surface area contributed by atoms with Crippen molar-refractivity contribution in [1.29, 1.82) is 0 Å².